The number of hydrogen-bond acceptors (Lipinski definition) is 4. The number of hydrogen-bond donors (Lipinski definition) is 1. The van der Waals surface area contributed by atoms with Gasteiger partial charge in [-0.05, 0) is 38.0 Å². The molecule has 2 aromatic rings. The number of halogens is 9. The van der Waals surface area contributed by atoms with Crippen molar-refractivity contribution in [3.05, 3.63) is 53.0 Å². The zero-order valence-electron chi connectivity index (χ0n) is 16.5. The monoisotopic (exact) mass is 473 g/mol. The summed E-state index contributed by atoms with van der Waals surface area (Å²) < 4.78 is 116. The fraction of sp³-hybridized carbons (Fsp3) is 0.389. The van der Waals surface area contributed by atoms with Crippen molar-refractivity contribution in [1.29, 1.82) is 0 Å². The molecule has 1 N–H and O–H groups in total. The summed E-state index contributed by atoms with van der Waals surface area (Å²) in [4.78, 5) is 7.53. The van der Waals surface area contributed by atoms with Crippen LogP contribution < -0.4 is 5.32 Å². The fourth-order valence-corrected chi connectivity index (χ4v) is 2.39. The summed E-state index contributed by atoms with van der Waals surface area (Å²) in [5, 5.41) is 6.50. The molecule has 14 heteroatoms. The second kappa shape index (κ2) is 9.20. The van der Waals surface area contributed by atoms with Crippen molar-refractivity contribution in [2.45, 2.75) is 38.8 Å². The van der Waals surface area contributed by atoms with E-state index in [-0.39, 0.29) is 36.4 Å². The zero-order chi connectivity index (χ0) is 24.3. The van der Waals surface area contributed by atoms with Gasteiger partial charge in [0.25, 0.3) is 0 Å². The predicted molar refractivity (Wildman–Crippen MR) is 95.9 cm³/mol. The van der Waals surface area contributed by atoms with Crippen LogP contribution in [0.1, 0.15) is 24.5 Å². The molecule has 2 rings (SSSR count). The first-order chi connectivity index (χ1) is 14.6. The molecule has 2 heterocycles. The van der Waals surface area contributed by atoms with Gasteiger partial charge in [0.1, 0.15) is 6.33 Å². The summed E-state index contributed by atoms with van der Waals surface area (Å²) in [6, 6.07) is 0.872. The maximum absolute atomic E-state index is 12.9. The van der Waals surface area contributed by atoms with Gasteiger partial charge >= 0.3 is 18.5 Å². The van der Waals surface area contributed by atoms with Gasteiger partial charge in [0, 0.05) is 18.3 Å². The number of allylic oxidation sites excluding steroid dienone is 3. The van der Waals surface area contributed by atoms with Crippen LogP contribution in [0.15, 0.2) is 41.9 Å². The summed E-state index contributed by atoms with van der Waals surface area (Å²) in [5.74, 6) is 0.000590. The first kappa shape index (κ1) is 25.2. The predicted octanol–water partition coefficient (Wildman–Crippen LogP) is 5.79. The Hall–Kier alpha value is -3.06. The Balaban J connectivity index is 2.07. The molecule has 0 saturated carbocycles. The minimum Gasteiger partial charge on any atom is -0.353 e. The normalized spacial score (nSPS) is 14.1. The van der Waals surface area contributed by atoms with Gasteiger partial charge in [-0.2, -0.15) is 39.5 Å². The van der Waals surface area contributed by atoms with E-state index in [4.69, 9.17) is 0 Å². The van der Waals surface area contributed by atoms with Crippen LogP contribution >= 0.6 is 0 Å². The summed E-state index contributed by atoms with van der Waals surface area (Å²) in [6.07, 6.45) is -12.4. The number of aryl methyl sites for hydroxylation is 1. The Labute approximate surface area is 175 Å². The number of pyridine rings is 1. The average molecular weight is 473 g/mol. The van der Waals surface area contributed by atoms with Crippen LogP contribution in [0.2, 0.25) is 0 Å². The van der Waals surface area contributed by atoms with Gasteiger partial charge in [-0.25, -0.2) is 14.6 Å². The molecule has 0 aliphatic rings. The summed E-state index contributed by atoms with van der Waals surface area (Å²) in [7, 11) is 0. The lowest BCUT2D eigenvalue weighted by atomic mass is 10.1. The van der Waals surface area contributed by atoms with Crippen LogP contribution in [0.4, 0.5) is 45.5 Å². The summed E-state index contributed by atoms with van der Waals surface area (Å²) in [5.41, 5.74) is -3.63. The lowest BCUT2D eigenvalue weighted by Gasteiger charge is -2.11. The highest BCUT2D eigenvalue weighted by molar-refractivity contribution is 5.36. The molecule has 5 nitrogen and oxygen atoms in total. The van der Waals surface area contributed by atoms with E-state index in [1.807, 2.05) is 0 Å². The molecule has 0 unspecified atom stereocenters. The second-order valence-corrected chi connectivity index (χ2v) is 6.57. The van der Waals surface area contributed by atoms with Gasteiger partial charge in [-0.15, -0.1) is 5.10 Å². The Kier molecular flexibility index (Phi) is 7.25. The highest BCUT2D eigenvalue weighted by atomic mass is 19.4. The van der Waals surface area contributed by atoms with E-state index in [0.29, 0.717) is 19.2 Å². The molecule has 0 spiro atoms. The molecular weight excluding hydrogens is 457 g/mol. The lowest BCUT2D eigenvalue weighted by Crippen LogP contribution is -2.15. The second-order valence-electron chi connectivity index (χ2n) is 6.57. The molecular formula is C18H16F9N5. The Morgan fingerprint density at radius 1 is 1.03 bits per heavy atom. The molecule has 0 aromatic carbocycles. The molecule has 0 aliphatic carbocycles. The molecule has 0 saturated heterocycles. The maximum atomic E-state index is 12.9. The standard InChI is InChI=1S/C18H16F9N5/c1-10-6-13(18(25,26)27)8-29-14(10)32-9-30-15(31-32)28-5-3-4-12(17(22,23)24)7-11(2)16(19,20)21/h4,6-9H,3,5H2,1-2H3,(H,28,31)/b11-7+,12-4+. The van der Waals surface area contributed by atoms with Gasteiger partial charge in [-0.1, -0.05) is 6.08 Å². The number of anilines is 1. The van der Waals surface area contributed by atoms with Crippen molar-refractivity contribution in [3.63, 3.8) is 0 Å². The maximum Gasteiger partial charge on any atom is 0.417 e. The minimum atomic E-state index is -4.97. The van der Waals surface area contributed by atoms with E-state index in [0.717, 1.165) is 17.1 Å². The third kappa shape index (κ3) is 6.72. The third-order valence-electron chi connectivity index (χ3n) is 4.02. The molecule has 0 fully saturated rings. The van der Waals surface area contributed by atoms with Crippen molar-refractivity contribution >= 4 is 5.95 Å². The topological polar surface area (TPSA) is 55.6 Å². The largest absolute Gasteiger partial charge is 0.417 e. The van der Waals surface area contributed by atoms with E-state index in [1.54, 1.807) is 0 Å². The van der Waals surface area contributed by atoms with E-state index in [9.17, 15) is 39.5 Å². The van der Waals surface area contributed by atoms with Gasteiger partial charge in [0.2, 0.25) is 5.95 Å². The summed E-state index contributed by atoms with van der Waals surface area (Å²) >= 11 is 0. The quantitative estimate of drug-likeness (QED) is 0.328. The molecule has 0 atom stereocenters. The smallest absolute Gasteiger partial charge is 0.353 e. The molecule has 2 aromatic heterocycles. The summed E-state index contributed by atoms with van der Waals surface area (Å²) in [6.45, 7) is 1.76. The van der Waals surface area contributed by atoms with Crippen molar-refractivity contribution < 1.29 is 39.5 Å². The van der Waals surface area contributed by atoms with Crippen molar-refractivity contribution in [1.82, 2.24) is 19.7 Å². The van der Waals surface area contributed by atoms with Gasteiger partial charge < -0.3 is 5.32 Å². The number of rotatable bonds is 6. The highest BCUT2D eigenvalue weighted by Crippen LogP contribution is 2.32. The Bertz CT molecular complexity index is 997. The first-order valence-electron chi connectivity index (χ1n) is 8.81. The van der Waals surface area contributed by atoms with Crippen LogP contribution in [0.3, 0.4) is 0 Å². The van der Waals surface area contributed by atoms with Crippen LogP contribution in [-0.2, 0) is 6.18 Å². The first-order valence-corrected chi connectivity index (χ1v) is 8.81. The van der Waals surface area contributed by atoms with Crippen LogP contribution in [0, 0.1) is 6.92 Å². The van der Waals surface area contributed by atoms with Crippen molar-refractivity contribution in [2.24, 2.45) is 0 Å². The van der Waals surface area contributed by atoms with Crippen molar-refractivity contribution in [3.8, 4) is 5.82 Å². The number of nitrogens with one attached hydrogen (secondary N) is 1. The number of nitrogens with zero attached hydrogens (tertiary/aromatic N) is 4. The van der Waals surface area contributed by atoms with Gasteiger partial charge in [0.15, 0.2) is 5.82 Å². The SMILES string of the molecule is C/C(=C\C(=C/CCNc1ncn(-c2ncc(C(F)(F)F)cc2C)n1)C(F)(F)F)C(F)(F)F. The fourth-order valence-electron chi connectivity index (χ4n) is 2.39. The molecule has 0 bridgehead atoms. The average Bonchev–Trinajstić information content (AvgIpc) is 3.10. The van der Waals surface area contributed by atoms with E-state index < -0.39 is 35.2 Å². The Morgan fingerprint density at radius 2 is 1.69 bits per heavy atom. The van der Waals surface area contributed by atoms with Gasteiger partial charge in [-0.3, -0.25) is 0 Å². The number of aromatic nitrogens is 4. The molecule has 0 radical (unpaired) electrons. The van der Waals surface area contributed by atoms with E-state index in [1.165, 1.54) is 6.92 Å². The lowest BCUT2D eigenvalue weighted by molar-refractivity contribution is -0.137. The van der Waals surface area contributed by atoms with Crippen molar-refractivity contribution in [2.75, 3.05) is 11.9 Å². The molecule has 0 aliphatic heterocycles. The van der Waals surface area contributed by atoms with Gasteiger partial charge in [0.05, 0.1) is 11.1 Å². The molecule has 176 valence electrons. The third-order valence-corrected chi connectivity index (χ3v) is 4.02. The highest BCUT2D eigenvalue weighted by Gasteiger charge is 2.36. The van der Waals surface area contributed by atoms with E-state index >= 15 is 0 Å². The van der Waals surface area contributed by atoms with Crippen LogP contribution in [-0.4, -0.2) is 38.6 Å². The Morgan fingerprint density at radius 3 is 2.22 bits per heavy atom. The van der Waals surface area contributed by atoms with E-state index in [2.05, 4.69) is 20.4 Å². The molecule has 0 amide bonds. The number of alkyl halides is 9. The zero-order valence-corrected chi connectivity index (χ0v) is 16.5. The van der Waals surface area contributed by atoms with Crippen LogP contribution in [0.25, 0.3) is 5.82 Å². The molecule has 32 heavy (non-hydrogen) atoms. The minimum absolute atomic E-state index is 0.0199. The van der Waals surface area contributed by atoms with Crippen LogP contribution in [0.5, 0.6) is 0 Å².